The van der Waals surface area contributed by atoms with Crippen molar-refractivity contribution in [2.45, 2.75) is 13.1 Å². The van der Waals surface area contributed by atoms with Gasteiger partial charge in [-0.15, -0.1) is 0 Å². The third kappa shape index (κ3) is 4.85. The van der Waals surface area contributed by atoms with Crippen molar-refractivity contribution in [3.8, 4) is 11.4 Å². The summed E-state index contributed by atoms with van der Waals surface area (Å²) in [7, 11) is 1.36. The molecule has 8 nitrogen and oxygen atoms in total. The zero-order chi connectivity index (χ0) is 20.1. The predicted octanol–water partition coefficient (Wildman–Crippen LogP) is 2.24. The molecule has 8 heteroatoms. The van der Waals surface area contributed by atoms with E-state index in [0.717, 1.165) is 38.3 Å². The molecule has 0 atom stereocenters. The molecule has 1 saturated heterocycles. The molecule has 0 amide bonds. The molecular formula is C21H23N5O3. The van der Waals surface area contributed by atoms with Crippen LogP contribution in [0, 0.1) is 0 Å². The largest absolute Gasteiger partial charge is 0.465 e. The summed E-state index contributed by atoms with van der Waals surface area (Å²) in [5.74, 6) is 0.748. The fourth-order valence-electron chi connectivity index (χ4n) is 3.36. The number of piperazine rings is 1. The molecule has 3 aromatic rings. The summed E-state index contributed by atoms with van der Waals surface area (Å²) in [6.07, 6.45) is 3.72. The van der Waals surface area contributed by atoms with E-state index in [0.29, 0.717) is 23.8 Å². The van der Waals surface area contributed by atoms with Gasteiger partial charge in [0.2, 0.25) is 11.7 Å². The summed E-state index contributed by atoms with van der Waals surface area (Å²) in [5.41, 5.74) is 2.53. The third-order valence-corrected chi connectivity index (χ3v) is 4.99. The molecule has 3 heterocycles. The van der Waals surface area contributed by atoms with Crippen molar-refractivity contribution in [3.05, 3.63) is 65.8 Å². The second kappa shape index (κ2) is 8.93. The molecule has 2 aromatic heterocycles. The number of ether oxygens (including phenoxy) is 1. The Bertz CT molecular complexity index is 934. The van der Waals surface area contributed by atoms with Crippen molar-refractivity contribution >= 4 is 5.97 Å². The standard InChI is InChI=1S/C21H23N5O3/c1-28-21(27)18-6-4-17(5-7-18)20-23-19(29-24-20)15-26-11-9-25(10-12-26)14-16-3-2-8-22-13-16/h2-8,13H,9-12,14-15H2,1H3. The number of hydrogen-bond donors (Lipinski definition) is 0. The number of benzene rings is 1. The molecule has 0 N–H and O–H groups in total. The number of carbonyl (C=O) groups excluding carboxylic acids is 1. The van der Waals surface area contributed by atoms with Crippen LogP contribution in [0.2, 0.25) is 0 Å². The maximum absolute atomic E-state index is 11.5. The summed E-state index contributed by atoms with van der Waals surface area (Å²) >= 11 is 0. The highest BCUT2D eigenvalue weighted by Gasteiger charge is 2.19. The Balaban J connectivity index is 1.30. The number of carbonyl (C=O) groups is 1. The van der Waals surface area contributed by atoms with Crippen LogP contribution < -0.4 is 0 Å². The maximum Gasteiger partial charge on any atom is 0.337 e. The molecule has 0 aliphatic carbocycles. The average Bonchev–Trinajstić information content (AvgIpc) is 3.24. The Morgan fingerprint density at radius 1 is 1.07 bits per heavy atom. The molecule has 1 aliphatic rings. The van der Waals surface area contributed by atoms with E-state index >= 15 is 0 Å². The van der Waals surface area contributed by atoms with Gasteiger partial charge in [0.25, 0.3) is 0 Å². The van der Waals surface area contributed by atoms with Gasteiger partial charge in [-0.2, -0.15) is 4.98 Å². The van der Waals surface area contributed by atoms with Gasteiger partial charge in [0.15, 0.2) is 0 Å². The second-order valence-corrected chi connectivity index (χ2v) is 6.99. The lowest BCUT2D eigenvalue weighted by Crippen LogP contribution is -2.45. The first kappa shape index (κ1) is 19.2. The minimum Gasteiger partial charge on any atom is -0.465 e. The van der Waals surface area contributed by atoms with E-state index in [1.54, 1.807) is 30.5 Å². The smallest absolute Gasteiger partial charge is 0.337 e. The fourth-order valence-corrected chi connectivity index (χ4v) is 3.36. The predicted molar refractivity (Wildman–Crippen MR) is 106 cm³/mol. The monoisotopic (exact) mass is 393 g/mol. The average molecular weight is 393 g/mol. The van der Waals surface area contributed by atoms with E-state index in [1.165, 1.54) is 12.7 Å². The molecule has 29 heavy (non-hydrogen) atoms. The van der Waals surface area contributed by atoms with Gasteiger partial charge >= 0.3 is 5.97 Å². The van der Waals surface area contributed by atoms with Gasteiger partial charge in [-0.1, -0.05) is 23.4 Å². The van der Waals surface area contributed by atoms with Crippen LogP contribution in [0.4, 0.5) is 0 Å². The minimum absolute atomic E-state index is 0.368. The number of methoxy groups -OCH3 is 1. The highest BCUT2D eigenvalue weighted by Crippen LogP contribution is 2.18. The van der Waals surface area contributed by atoms with Crippen LogP contribution in [0.15, 0.2) is 53.3 Å². The van der Waals surface area contributed by atoms with Crippen LogP contribution in [0.3, 0.4) is 0 Å². The molecule has 0 spiro atoms. The normalized spacial score (nSPS) is 15.3. The zero-order valence-corrected chi connectivity index (χ0v) is 16.3. The maximum atomic E-state index is 11.5. The van der Waals surface area contributed by atoms with Gasteiger partial charge in [0.05, 0.1) is 19.2 Å². The van der Waals surface area contributed by atoms with Gasteiger partial charge < -0.3 is 9.26 Å². The molecule has 150 valence electrons. The molecule has 4 rings (SSSR count). The van der Waals surface area contributed by atoms with Crippen LogP contribution in [-0.4, -0.2) is 64.2 Å². The number of aromatic nitrogens is 3. The highest BCUT2D eigenvalue weighted by molar-refractivity contribution is 5.89. The first-order valence-corrected chi connectivity index (χ1v) is 9.56. The lowest BCUT2D eigenvalue weighted by molar-refractivity contribution is 0.0600. The highest BCUT2D eigenvalue weighted by atomic mass is 16.5. The van der Waals surface area contributed by atoms with Crippen molar-refractivity contribution in [1.29, 1.82) is 0 Å². The Labute approximate surface area is 169 Å². The molecule has 1 aliphatic heterocycles. The van der Waals surface area contributed by atoms with E-state index in [-0.39, 0.29) is 5.97 Å². The van der Waals surface area contributed by atoms with E-state index < -0.39 is 0 Å². The molecule has 0 unspecified atom stereocenters. The number of hydrogen-bond acceptors (Lipinski definition) is 8. The number of esters is 1. The summed E-state index contributed by atoms with van der Waals surface area (Å²) in [4.78, 5) is 24.9. The van der Waals surface area contributed by atoms with Gasteiger partial charge in [0.1, 0.15) is 0 Å². The van der Waals surface area contributed by atoms with Crippen molar-refractivity contribution in [3.63, 3.8) is 0 Å². The van der Waals surface area contributed by atoms with Crippen molar-refractivity contribution in [1.82, 2.24) is 24.9 Å². The summed E-state index contributed by atoms with van der Waals surface area (Å²) in [5, 5.41) is 4.07. The van der Waals surface area contributed by atoms with Gasteiger partial charge in [0, 0.05) is 50.7 Å². The number of pyridine rings is 1. The van der Waals surface area contributed by atoms with Crippen LogP contribution in [0.1, 0.15) is 21.8 Å². The number of rotatable bonds is 6. The van der Waals surface area contributed by atoms with Crippen LogP contribution in [0.5, 0.6) is 0 Å². The lowest BCUT2D eigenvalue weighted by Gasteiger charge is -2.33. The molecule has 0 saturated carbocycles. The van der Waals surface area contributed by atoms with Crippen molar-refractivity contribution in [2.75, 3.05) is 33.3 Å². The Hall–Kier alpha value is -3.10. The van der Waals surface area contributed by atoms with E-state index in [2.05, 4.69) is 31.0 Å². The Morgan fingerprint density at radius 2 is 1.79 bits per heavy atom. The van der Waals surface area contributed by atoms with Gasteiger partial charge in [-0.3, -0.25) is 14.8 Å². The summed E-state index contributed by atoms with van der Waals surface area (Å²) < 4.78 is 10.1. The topological polar surface area (TPSA) is 84.6 Å². The summed E-state index contributed by atoms with van der Waals surface area (Å²) in [6, 6.07) is 11.0. The van der Waals surface area contributed by atoms with E-state index in [9.17, 15) is 4.79 Å². The zero-order valence-electron chi connectivity index (χ0n) is 16.3. The van der Waals surface area contributed by atoms with Crippen molar-refractivity contribution in [2.24, 2.45) is 0 Å². The quantitative estimate of drug-likeness (QED) is 0.590. The summed E-state index contributed by atoms with van der Waals surface area (Å²) in [6.45, 7) is 5.44. The van der Waals surface area contributed by atoms with Crippen LogP contribution in [-0.2, 0) is 17.8 Å². The lowest BCUT2D eigenvalue weighted by atomic mass is 10.1. The van der Waals surface area contributed by atoms with Gasteiger partial charge in [-0.05, 0) is 23.8 Å². The fraction of sp³-hybridized carbons (Fsp3) is 0.333. The van der Waals surface area contributed by atoms with Crippen LogP contribution in [0.25, 0.3) is 11.4 Å². The first-order valence-electron chi connectivity index (χ1n) is 9.56. The first-order chi connectivity index (χ1) is 14.2. The minimum atomic E-state index is -0.368. The second-order valence-electron chi connectivity index (χ2n) is 6.99. The van der Waals surface area contributed by atoms with E-state index in [4.69, 9.17) is 9.26 Å². The molecule has 1 fully saturated rings. The molecule has 0 bridgehead atoms. The Morgan fingerprint density at radius 3 is 2.45 bits per heavy atom. The number of nitrogens with zero attached hydrogens (tertiary/aromatic N) is 5. The third-order valence-electron chi connectivity index (χ3n) is 4.99. The molecule has 0 radical (unpaired) electrons. The molecule has 1 aromatic carbocycles. The van der Waals surface area contributed by atoms with Crippen molar-refractivity contribution < 1.29 is 14.1 Å². The SMILES string of the molecule is COC(=O)c1ccc(-c2noc(CN3CCN(Cc4cccnc4)CC3)n2)cc1. The van der Waals surface area contributed by atoms with E-state index in [1.807, 2.05) is 12.3 Å². The van der Waals surface area contributed by atoms with Crippen LogP contribution >= 0.6 is 0 Å². The molecular weight excluding hydrogens is 370 g/mol. The van der Waals surface area contributed by atoms with Gasteiger partial charge in [-0.25, -0.2) is 4.79 Å². The Kier molecular flexibility index (Phi) is 5.92.